The lowest BCUT2D eigenvalue weighted by Gasteiger charge is -2.09. The van der Waals surface area contributed by atoms with Crippen molar-refractivity contribution in [2.24, 2.45) is 0 Å². The fourth-order valence-corrected chi connectivity index (χ4v) is 2.31. The fourth-order valence-electron chi connectivity index (χ4n) is 2.31. The molecule has 0 aliphatic rings. The van der Waals surface area contributed by atoms with Gasteiger partial charge in [0.1, 0.15) is 11.5 Å². The summed E-state index contributed by atoms with van der Waals surface area (Å²) in [6.45, 7) is 4.06. The smallest absolute Gasteiger partial charge is 0.306 e. The van der Waals surface area contributed by atoms with Gasteiger partial charge in [0.2, 0.25) is 0 Å². The molecule has 0 saturated carbocycles. The lowest BCUT2D eigenvalue weighted by molar-refractivity contribution is -0.147. The highest BCUT2D eigenvalue weighted by atomic mass is 16.5. The molecular weight excluding hydrogens is 346 g/mol. The summed E-state index contributed by atoms with van der Waals surface area (Å²) < 4.78 is 15.6. The van der Waals surface area contributed by atoms with Crippen LogP contribution in [0.3, 0.4) is 0 Å². The second-order valence-electron chi connectivity index (χ2n) is 6.14. The van der Waals surface area contributed by atoms with Gasteiger partial charge in [0.05, 0.1) is 13.7 Å². The third-order valence-electron chi connectivity index (χ3n) is 4.01. The van der Waals surface area contributed by atoms with Gasteiger partial charge in [0, 0.05) is 12.1 Å². The Morgan fingerprint density at radius 1 is 0.963 bits per heavy atom. The van der Waals surface area contributed by atoms with Gasteiger partial charge >= 0.3 is 5.97 Å². The van der Waals surface area contributed by atoms with Crippen LogP contribution in [0, 0.1) is 13.8 Å². The summed E-state index contributed by atoms with van der Waals surface area (Å²) >= 11 is 0. The van der Waals surface area contributed by atoms with Gasteiger partial charge in [0.15, 0.2) is 6.61 Å². The first kappa shape index (κ1) is 20.3. The molecule has 6 nitrogen and oxygen atoms in total. The molecule has 2 aromatic carbocycles. The summed E-state index contributed by atoms with van der Waals surface area (Å²) in [6.07, 6.45) is 0.691. The maximum atomic E-state index is 11.9. The highest BCUT2D eigenvalue weighted by molar-refractivity contribution is 5.92. The summed E-state index contributed by atoms with van der Waals surface area (Å²) in [5, 5.41) is 2.71. The number of carbonyl (C=O) groups is 2. The van der Waals surface area contributed by atoms with Gasteiger partial charge in [-0.05, 0) is 67.8 Å². The van der Waals surface area contributed by atoms with Gasteiger partial charge in [-0.25, -0.2) is 0 Å². The predicted molar refractivity (Wildman–Crippen MR) is 103 cm³/mol. The first-order valence-electron chi connectivity index (χ1n) is 8.77. The van der Waals surface area contributed by atoms with Crippen molar-refractivity contribution >= 4 is 17.6 Å². The van der Waals surface area contributed by atoms with Crippen LogP contribution in [-0.4, -0.2) is 32.2 Å². The molecule has 0 spiro atoms. The maximum Gasteiger partial charge on any atom is 0.306 e. The molecule has 0 atom stereocenters. The third kappa shape index (κ3) is 7.01. The highest BCUT2D eigenvalue weighted by Gasteiger charge is 2.08. The molecule has 0 aromatic heterocycles. The molecule has 2 rings (SSSR count). The standard InChI is InChI=1S/C21H25NO5/c1-15-6-7-17(13-16(15)2)22-20(23)14-27-21(24)5-4-12-26-19-10-8-18(25-3)9-11-19/h6-11,13H,4-5,12,14H2,1-3H3,(H,22,23). The Morgan fingerprint density at radius 2 is 1.67 bits per heavy atom. The van der Waals surface area contributed by atoms with E-state index >= 15 is 0 Å². The number of carbonyl (C=O) groups excluding carboxylic acids is 2. The van der Waals surface area contributed by atoms with Crippen LogP contribution in [0.25, 0.3) is 0 Å². The third-order valence-corrected chi connectivity index (χ3v) is 4.01. The number of benzene rings is 2. The van der Waals surface area contributed by atoms with Crippen LogP contribution in [0.15, 0.2) is 42.5 Å². The predicted octanol–water partition coefficient (Wildman–Crippen LogP) is 3.65. The lowest BCUT2D eigenvalue weighted by atomic mass is 10.1. The molecule has 144 valence electrons. The van der Waals surface area contributed by atoms with E-state index in [1.54, 1.807) is 31.4 Å². The van der Waals surface area contributed by atoms with E-state index in [1.807, 2.05) is 32.0 Å². The number of ether oxygens (including phenoxy) is 3. The van der Waals surface area contributed by atoms with Crippen molar-refractivity contribution in [3.63, 3.8) is 0 Å². The summed E-state index contributed by atoms with van der Waals surface area (Å²) in [5.41, 5.74) is 2.92. The Morgan fingerprint density at radius 3 is 2.33 bits per heavy atom. The second-order valence-corrected chi connectivity index (χ2v) is 6.14. The molecule has 0 radical (unpaired) electrons. The summed E-state index contributed by atoms with van der Waals surface area (Å²) in [5.74, 6) is 0.673. The molecule has 0 aliphatic heterocycles. The van der Waals surface area contributed by atoms with Crippen LogP contribution in [-0.2, 0) is 14.3 Å². The van der Waals surface area contributed by atoms with E-state index in [9.17, 15) is 9.59 Å². The topological polar surface area (TPSA) is 73.9 Å². The second kappa shape index (κ2) is 10.2. The number of nitrogens with one attached hydrogen (secondary N) is 1. The SMILES string of the molecule is COc1ccc(OCCCC(=O)OCC(=O)Nc2ccc(C)c(C)c2)cc1. The molecule has 2 aromatic rings. The summed E-state index contributed by atoms with van der Waals surface area (Å²) in [6, 6.07) is 12.8. The summed E-state index contributed by atoms with van der Waals surface area (Å²) in [4.78, 5) is 23.6. The monoisotopic (exact) mass is 371 g/mol. The fraction of sp³-hybridized carbons (Fsp3) is 0.333. The molecular formula is C21H25NO5. The Bertz CT molecular complexity index is 771. The van der Waals surface area contributed by atoms with Crippen LogP contribution in [0.2, 0.25) is 0 Å². The molecule has 0 saturated heterocycles. The van der Waals surface area contributed by atoms with Crippen LogP contribution in [0.1, 0.15) is 24.0 Å². The number of esters is 1. The zero-order valence-corrected chi connectivity index (χ0v) is 15.9. The molecule has 1 amide bonds. The van der Waals surface area contributed by atoms with Crippen molar-refractivity contribution in [3.8, 4) is 11.5 Å². The van der Waals surface area contributed by atoms with Gasteiger partial charge in [-0.1, -0.05) is 6.07 Å². The normalized spacial score (nSPS) is 10.2. The van der Waals surface area contributed by atoms with E-state index in [0.717, 1.165) is 16.9 Å². The number of rotatable bonds is 9. The van der Waals surface area contributed by atoms with Crippen molar-refractivity contribution in [2.75, 3.05) is 25.6 Å². The van der Waals surface area contributed by atoms with Crippen molar-refractivity contribution in [2.45, 2.75) is 26.7 Å². The first-order valence-corrected chi connectivity index (χ1v) is 8.77. The van der Waals surface area contributed by atoms with E-state index in [4.69, 9.17) is 14.2 Å². The number of anilines is 1. The Balaban J connectivity index is 1.62. The number of amides is 1. The lowest BCUT2D eigenvalue weighted by Crippen LogP contribution is -2.21. The molecule has 0 bridgehead atoms. The first-order chi connectivity index (χ1) is 13.0. The van der Waals surface area contributed by atoms with Crippen LogP contribution in [0.4, 0.5) is 5.69 Å². The Hall–Kier alpha value is -3.02. The average molecular weight is 371 g/mol. The largest absolute Gasteiger partial charge is 0.497 e. The number of hydrogen-bond donors (Lipinski definition) is 1. The Labute approximate surface area is 159 Å². The van der Waals surface area contributed by atoms with Gasteiger partial charge < -0.3 is 19.5 Å². The summed E-state index contributed by atoms with van der Waals surface area (Å²) in [7, 11) is 1.60. The molecule has 0 fully saturated rings. The van der Waals surface area contributed by atoms with Crippen molar-refractivity contribution in [3.05, 3.63) is 53.6 Å². The molecule has 1 N–H and O–H groups in total. The van der Waals surface area contributed by atoms with Crippen molar-refractivity contribution in [1.82, 2.24) is 0 Å². The molecule has 0 heterocycles. The van der Waals surface area contributed by atoms with Gasteiger partial charge in [-0.15, -0.1) is 0 Å². The minimum absolute atomic E-state index is 0.188. The minimum atomic E-state index is -0.427. The number of hydrogen-bond acceptors (Lipinski definition) is 5. The van der Waals surface area contributed by atoms with Crippen LogP contribution < -0.4 is 14.8 Å². The highest BCUT2D eigenvalue weighted by Crippen LogP contribution is 2.17. The number of methoxy groups -OCH3 is 1. The van der Waals surface area contributed by atoms with E-state index in [2.05, 4.69) is 5.32 Å². The quantitative estimate of drug-likeness (QED) is 0.538. The Kier molecular flexibility index (Phi) is 7.67. The van der Waals surface area contributed by atoms with Crippen molar-refractivity contribution < 1.29 is 23.8 Å². The maximum absolute atomic E-state index is 11.9. The molecule has 0 aliphatic carbocycles. The van der Waals surface area contributed by atoms with Crippen LogP contribution in [0.5, 0.6) is 11.5 Å². The zero-order chi connectivity index (χ0) is 19.6. The average Bonchev–Trinajstić information content (AvgIpc) is 2.67. The van der Waals surface area contributed by atoms with Crippen molar-refractivity contribution in [1.29, 1.82) is 0 Å². The van der Waals surface area contributed by atoms with Crippen LogP contribution >= 0.6 is 0 Å². The van der Waals surface area contributed by atoms with Gasteiger partial charge in [-0.3, -0.25) is 9.59 Å². The molecule has 0 unspecified atom stereocenters. The van der Waals surface area contributed by atoms with Gasteiger partial charge in [0.25, 0.3) is 5.91 Å². The van der Waals surface area contributed by atoms with E-state index in [1.165, 1.54) is 0 Å². The van der Waals surface area contributed by atoms with E-state index in [-0.39, 0.29) is 18.9 Å². The van der Waals surface area contributed by atoms with Gasteiger partial charge in [-0.2, -0.15) is 0 Å². The van der Waals surface area contributed by atoms with E-state index < -0.39 is 5.97 Å². The molecule has 27 heavy (non-hydrogen) atoms. The number of aryl methyl sites for hydroxylation is 2. The zero-order valence-electron chi connectivity index (χ0n) is 15.9. The minimum Gasteiger partial charge on any atom is -0.497 e. The molecule has 6 heteroatoms. The van der Waals surface area contributed by atoms with E-state index in [0.29, 0.717) is 24.5 Å².